The second-order valence-electron chi connectivity index (χ2n) is 7.04. The van der Waals surface area contributed by atoms with Crippen LogP contribution in [-0.4, -0.2) is 88.1 Å². The van der Waals surface area contributed by atoms with Crippen LogP contribution in [0.25, 0.3) is 0 Å². The minimum absolute atomic E-state index is 0.0277. The van der Waals surface area contributed by atoms with Crippen LogP contribution in [0.5, 0.6) is 0 Å². The highest BCUT2D eigenvalue weighted by atomic mass is 16.2. The quantitative estimate of drug-likeness (QED) is 0.875. The maximum absolute atomic E-state index is 12.7. The van der Waals surface area contributed by atoms with Gasteiger partial charge in [-0.1, -0.05) is 13.8 Å². The maximum atomic E-state index is 12.7. The van der Waals surface area contributed by atoms with E-state index in [-0.39, 0.29) is 5.91 Å². The Labute approximate surface area is 144 Å². The molecule has 0 spiro atoms. The maximum Gasteiger partial charge on any atom is 0.293 e. The highest BCUT2D eigenvalue weighted by Crippen LogP contribution is 2.25. The van der Waals surface area contributed by atoms with E-state index in [2.05, 4.69) is 45.9 Å². The summed E-state index contributed by atoms with van der Waals surface area (Å²) in [5.41, 5.74) is 0. The van der Waals surface area contributed by atoms with Gasteiger partial charge in [0.15, 0.2) is 0 Å². The molecule has 7 nitrogen and oxygen atoms in total. The molecule has 1 unspecified atom stereocenters. The molecule has 7 heteroatoms. The zero-order valence-corrected chi connectivity index (χ0v) is 15.2. The van der Waals surface area contributed by atoms with Crippen LogP contribution in [0.15, 0.2) is 0 Å². The third-order valence-corrected chi connectivity index (χ3v) is 5.58. The summed E-state index contributed by atoms with van der Waals surface area (Å²) in [7, 11) is 2.14. The molecule has 0 bridgehead atoms. The molecule has 3 heterocycles. The first-order valence-electron chi connectivity index (χ1n) is 9.26. The number of carbonyl (C=O) groups excluding carboxylic acids is 1. The van der Waals surface area contributed by atoms with E-state index in [1.54, 1.807) is 0 Å². The number of H-pyrrole nitrogens is 1. The molecule has 1 aromatic rings. The Kier molecular flexibility index (Phi) is 5.50. The van der Waals surface area contributed by atoms with E-state index in [1.165, 1.54) is 0 Å². The van der Waals surface area contributed by atoms with Crippen molar-refractivity contribution in [1.82, 2.24) is 29.9 Å². The number of likely N-dealkylation sites (tertiary alicyclic amines) is 2. The first-order valence-corrected chi connectivity index (χ1v) is 9.26. The molecule has 1 atom stereocenters. The number of nitrogens with zero attached hydrogens (tertiary/aromatic N) is 5. The van der Waals surface area contributed by atoms with Gasteiger partial charge in [0.2, 0.25) is 5.82 Å². The number of rotatable bonds is 5. The molecule has 134 valence electrons. The van der Waals surface area contributed by atoms with Gasteiger partial charge in [-0.3, -0.25) is 14.8 Å². The van der Waals surface area contributed by atoms with Gasteiger partial charge >= 0.3 is 0 Å². The Morgan fingerprint density at radius 2 is 1.92 bits per heavy atom. The highest BCUT2D eigenvalue weighted by Gasteiger charge is 2.32. The Bertz CT molecular complexity index is 547. The largest absolute Gasteiger partial charge is 0.334 e. The molecule has 1 amide bonds. The minimum atomic E-state index is -0.0277. The highest BCUT2D eigenvalue weighted by molar-refractivity contribution is 5.90. The fourth-order valence-electron chi connectivity index (χ4n) is 3.94. The number of aromatic amines is 1. The molecule has 0 radical (unpaired) electrons. The Balaban J connectivity index is 1.60. The van der Waals surface area contributed by atoms with Crippen LogP contribution in [0.1, 0.15) is 55.5 Å². The van der Waals surface area contributed by atoms with Gasteiger partial charge in [-0.15, -0.1) is 5.10 Å². The van der Waals surface area contributed by atoms with Crippen LogP contribution in [0.2, 0.25) is 0 Å². The van der Waals surface area contributed by atoms with Gasteiger partial charge in [-0.25, -0.2) is 4.98 Å². The van der Waals surface area contributed by atoms with Crippen molar-refractivity contribution in [3.63, 3.8) is 0 Å². The van der Waals surface area contributed by atoms with Crippen molar-refractivity contribution in [3.05, 3.63) is 11.6 Å². The number of hydrogen-bond acceptors (Lipinski definition) is 5. The van der Waals surface area contributed by atoms with E-state index in [9.17, 15) is 4.79 Å². The van der Waals surface area contributed by atoms with Crippen molar-refractivity contribution in [3.8, 4) is 0 Å². The summed E-state index contributed by atoms with van der Waals surface area (Å²) in [6.07, 6.45) is 3.19. The van der Waals surface area contributed by atoms with Gasteiger partial charge in [0, 0.05) is 25.0 Å². The molecule has 24 heavy (non-hydrogen) atoms. The lowest BCUT2D eigenvalue weighted by Gasteiger charge is -2.27. The second kappa shape index (κ2) is 7.61. The van der Waals surface area contributed by atoms with Crippen molar-refractivity contribution in [2.45, 2.75) is 45.1 Å². The zero-order valence-electron chi connectivity index (χ0n) is 15.2. The van der Waals surface area contributed by atoms with Crippen molar-refractivity contribution >= 4 is 5.91 Å². The summed E-state index contributed by atoms with van der Waals surface area (Å²) in [4.78, 5) is 23.9. The van der Waals surface area contributed by atoms with Crippen LogP contribution < -0.4 is 0 Å². The van der Waals surface area contributed by atoms with Crippen LogP contribution >= 0.6 is 0 Å². The first-order chi connectivity index (χ1) is 11.6. The molecule has 2 fully saturated rings. The normalized spacial score (nSPS) is 23.3. The Morgan fingerprint density at radius 1 is 1.21 bits per heavy atom. The van der Waals surface area contributed by atoms with Crippen molar-refractivity contribution < 1.29 is 4.79 Å². The summed E-state index contributed by atoms with van der Waals surface area (Å²) in [5.74, 6) is 1.59. The standard InChI is InChI=1S/C17H30N6O/c1-4-22(5-2)14-8-11-23(12-14)17(24)16-18-15(19-20-16)13-6-9-21(3)10-7-13/h13-14H,4-12H2,1-3H3,(H,18,19,20). The van der Waals surface area contributed by atoms with E-state index in [4.69, 9.17) is 0 Å². The molecule has 0 aromatic carbocycles. The predicted octanol–water partition coefficient (Wildman–Crippen LogP) is 1.17. The van der Waals surface area contributed by atoms with E-state index >= 15 is 0 Å². The smallest absolute Gasteiger partial charge is 0.293 e. The van der Waals surface area contributed by atoms with E-state index in [1.807, 2.05) is 4.90 Å². The molecule has 1 N–H and O–H groups in total. The molecule has 0 aliphatic carbocycles. The Hall–Kier alpha value is -1.47. The summed E-state index contributed by atoms with van der Waals surface area (Å²) in [6, 6.07) is 0.469. The summed E-state index contributed by atoms with van der Waals surface area (Å²) >= 11 is 0. The number of nitrogens with one attached hydrogen (secondary N) is 1. The second-order valence-corrected chi connectivity index (χ2v) is 7.04. The number of piperidine rings is 1. The Morgan fingerprint density at radius 3 is 2.58 bits per heavy atom. The topological polar surface area (TPSA) is 68.4 Å². The van der Waals surface area contributed by atoms with Crippen molar-refractivity contribution in [2.24, 2.45) is 0 Å². The van der Waals surface area contributed by atoms with Gasteiger partial charge in [0.25, 0.3) is 5.91 Å². The van der Waals surface area contributed by atoms with Crippen LogP contribution in [0.4, 0.5) is 0 Å². The van der Waals surface area contributed by atoms with Crippen LogP contribution in [0.3, 0.4) is 0 Å². The van der Waals surface area contributed by atoms with Crippen LogP contribution in [-0.2, 0) is 0 Å². The summed E-state index contributed by atoms with van der Waals surface area (Å²) in [6.45, 7) is 10.2. The molecule has 2 aliphatic heterocycles. The predicted molar refractivity (Wildman–Crippen MR) is 93.1 cm³/mol. The average Bonchev–Trinajstić information content (AvgIpc) is 3.26. The van der Waals surface area contributed by atoms with E-state index in [0.29, 0.717) is 17.8 Å². The lowest BCUT2D eigenvalue weighted by molar-refractivity contribution is 0.0766. The van der Waals surface area contributed by atoms with Gasteiger partial charge in [0.05, 0.1) is 0 Å². The summed E-state index contributed by atoms with van der Waals surface area (Å²) in [5, 5.41) is 7.22. The molecular formula is C17H30N6O. The monoisotopic (exact) mass is 334 g/mol. The van der Waals surface area contributed by atoms with Crippen molar-refractivity contribution in [1.29, 1.82) is 0 Å². The molecule has 2 saturated heterocycles. The molecule has 3 rings (SSSR count). The number of aromatic nitrogens is 3. The molecular weight excluding hydrogens is 304 g/mol. The lowest BCUT2D eigenvalue weighted by atomic mass is 9.97. The number of carbonyl (C=O) groups is 1. The van der Waals surface area contributed by atoms with Gasteiger partial charge in [-0.2, -0.15) is 0 Å². The molecule has 2 aliphatic rings. The first kappa shape index (κ1) is 17.4. The summed E-state index contributed by atoms with van der Waals surface area (Å²) < 4.78 is 0. The number of amides is 1. The van der Waals surface area contributed by atoms with E-state index < -0.39 is 0 Å². The fourth-order valence-corrected chi connectivity index (χ4v) is 3.94. The van der Waals surface area contributed by atoms with E-state index in [0.717, 1.165) is 64.4 Å². The third-order valence-electron chi connectivity index (χ3n) is 5.58. The third kappa shape index (κ3) is 3.62. The minimum Gasteiger partial charge on any atom is -0.334 e. The number of hydrogen-bond donors (Lipinski definition) is 1. The fraction of sp³-hybridized carbons (Fsp3) is 0.824. The van der Waals surface area contributed by atoms with Crippen molar-refractivity contribution in [2.75, 3.05) is 46.3 Å². The lowest BCUT2D eigenvalue weighted by Crippen LogP contribution is -2.38. The molecule has 0 saturated carbocycles. The van der Waals surface area contributed by atoms with Gasteiger partial charge in [-0.05, 0) is 52.5 Å². The van der Waals surface area contributed by atoms with Gasteiger partial charge < -0.3 is 9.80 Å². The average molecular weight is 334 g/mol. The zero-order chi connectivity index (χ0) is 17.1. The number of likely N-dealkylation sites (N-methyl/N-ethyl adjacent to an activating group) is 1. The van der Waals surface area contributed by atoms with Crippen LogP contribution in [0, 0.1) is 0 Å². The van der Waals surface area contributed by atoms with Gasteiger partial charge in [0.1, 0.15) is 5.82 Å². The SMILES string of the molecule is CCN(CC)C1CCN(C(=O)c2n[nH]c(C3CCN(C)CC3)n2)C1. The molecule has 1 aromatic heterocycles.